The highest BCUT2D eigenvalue weighted by Crippen LogP contribution is 2.20. The second-order valence-corrected chi connectivity index (χ2v) is 7.67. The molecular formula is C21H24N4O2S. The van der Waals surface area contributed by atoms with Crippen molar-refractivity contribution in [3.05, 3.63) is 65.5 Å². The molecule has 0 aliphatic carbocycles. The van der Waals surface area contributed by atoms with Crippen LogP contribution in [0.5, 0.6) is 5.75 Å². The van der Waals surface area contributed by atoms with Crippen LogP contribution in [0.25, 0.3) is 0 Å². The SMILES string of the molecule is Cc1ccccc1NC(=O)CSc1n[nH]c(COc2ccc(C(C)C)cc2)n1. The van der Waals surface area contributed by atoms with Crippen LogP contribution in [-0.4, -0.2) is 26.8 Å². The number of para-hydroxylation sites is 1. The Labute approximate surface area is 169 Å². The highest BCUT2D eigenvalue weighted by Gasteiger charge is 2.09. The zero-order valence-corrected chi connectivity index (χ0v) is 17.0. The van der Waals surface area contributed by atoms with Crippen LogP contribution in [-0.2, 0) is 11.4 Å². The lowest BCUT2D eigenvalue weighted by Gasteiger charge is -2.07. The fraction of sp³-hybridized carbons (Fsp3) is 0.286. The molecule has 1 heterocycles. The van der Waals surface area contributed by atoms with Crippen LogP contribution in [0.2, 0.25) is 0 Å². The number of amides is 1. The maximum absolute atomic E-state index is 12.1. The predicted molar refractivity (Wildman–Crippen MR) is 112 cm³/mol. The molecule has 146 valence electrons. The van der Waals surface area contributed by atoms with E-state index in [1.165, 1.54) is 17.3 Å². The van der Waals surface area contributed by atoms with E-state index in [9.17, 15) is 4.79 Å². The topological polar surface area (TPSA) is 79.9 Å². The van der Waals surface area contributed by atoms with Gasteiger partial charge in [-0.2, -0.15) is 0 Å². The van der Waals surface area contributed by atoms with Crippen molar-refractivity contribution >= 4 is 23.4 Å². The normalized spacial score (nSPS) is 10.9. The first-order valence-corrected chi connectivity index (χ1v) is 10.1. The number of aromatic amines is 1. The summed E-state index contributed by atoms with van der Waals surface area (Å²) in [5.74, 6) is 2.05. The zero-order chi connectivity index (χ0) is 19.9. The van der Waals surface area contributed by atoms with E-state index in [0.29, 0.717) is 23.5 Å². The van der Waals surface area contributed by atoms with Crippen LogP contribution in [0.1, 0.15) is 36.7 Å². The largest absolute Gasteiger partial charge is 0.486 e. The number of anilines is 1. The van der Waals surface area contributed by atoms with Gasteiger partial charge in [-0.05, 0) is 42.2 Å². The summed E-state index contributed by atoms with van der Waals surface area (Å²) < 4.78 is 5.74. The molecule has 0 unspecified atom stereocenters. The van der Waals surface area contributed by atoms with Crippen LogP contribution < -0.4 is 10.1 Å². The van der Waals surface area contributed by atoms with Gasteiger partial charge in [-0.3, -0.25) is 9.89 Å². The van der Waals surface area contributed by atoms with Gasteiger partial charge in [0.1, 0.15) is 12.4 Å². The highest BCUT2D eigenvalue weighted by molar-refractivity contribution is 7.99. The number of carbonyl (C=O) groups is 1. The van der Waals surface area contributed by atoms with Crippen LogP contribution >= 0.6 is 11.8 Å². The molecule has 0 atom stereocenters. The lowest BCUT2D eigenvalue weighted by atomic mass is 10.0. The minimum atomic E-state index is -0.0906. The lowest BCUT2D eigenvalue weighted by Crippen LogP contribution is -2.14. The Bertz CT molecular complexity index is 922. The standard InChI is InChI=1S/C21H24N4O2S/c1-14(2)16-8-10-17(11-9-16)27-12-19-23-21(25-24-19)28-13-20(26)22-18-7-5-4-6-15(18)3/h4-11,14H,12-13H2,1-3H3,(H,22,26)(H,23,24,25). The summed E-state index contributed by atoms with van der Waals surface area (Å²) in [6.07, 6.45) is 0. The van der Waals surface area contributed by atoms with Gasteiger partial charge in [0, 0.05) is 5.69 Å². The van der Waals surface area contributed by atoms with Crippen molar-refractivity contribution in [3.8, 4) is 5.75 Å². The summed E-state index contributed by atoms with van der Waals surface area (Å²) in [5.41, 5.74) is 3.12. The Hall–Kier alpha value is -2.80. The highest BCUT2D eigenvalue weighted by atomic mass is 32.2. The lowest BCUT2D eigenvalue weighted by molar-refractivity contribution is -0.113. The molecule has 0 saturated heterocycles. The summed E-state index contributed by atoms with van der Waals surface area (Å²) in [4.78, 5) is 16.5. The van der Waals surface area contributed by atoms with Gasteiger partial charge in [0.15, 0.2) is 5.82 Å². The van der Waals surface area contributed by atoms with E-state index in [4.69, 9.17) is 4.74 Å². The number of H-pyrrole nitrogens is 1. The van der Waals surface area contributed by atoms with E-state index < -0.39 is 0 Å². The van der Waals surface area contributed by atoms with Crippen molar-refractivity contribution in [1.29, 1.82) is 0 Å². The van der Waals surface area contributed by atoms with Gasteiger partial charge in [-0.25, -0.2) is 4.98 Å². The second kappa shape index (κ2) is 9.41. The molecule has 0 aliphatic heterocycles. The van der Waals surface area contributed by atoms with Crippen LogP contribution in [0.4, 0.5) is 5.69 Å². The number of carbonyl (C=O) groups excluding carboxylic acids is 1. The second-order valence-electron chi connectivity index (χ2n) is 6.73. The summed E-state index contributed by atoms with van der Waals surface area (Å²) in [7, 11) is 0. The number of aryl methyl sites for hydroxylation is 1. The molecule has 2 N–H and O–H groups in total. The quantitative estimate of drug-likeness (QED) is 0.546. The smallest absolute Gasteiger partial charge is 0.234 e. The van der Waals surface area contributed by atoms with Crippen molar-refractivity contribution < 1.29 is 9.53 Å². The van der Waals surface area contributed by atoms with E-state index in [1.807, 2.05) is 43.3 Å². The Balaban J connectivity index is 1.46. The van der Waals surface area contributed by atoms with E-state index in [-0.39, 0.29) is 11.7 Å². The number of ether oxygens (including phenoxy) is 1. The summed E-state index contributed by atoms with van der Waals surface area (Å²) in [6.45, 7) is 6.57. The molecular weight excluding hydrogens is 372 g/mol. The van der Waals surface area contributed by atoms with Gasteiger partial charge in [0.05, 0.1) is 5.75 Å². The van der Waals surface area contributed by atoms with Crippen molar-refractivity contribution in [1.82, 2.24) is 15.2 Å². The first-order chi connectivity index (χ1) is 13.5. The molecule has 2 aromatic carbocycles. The van der Waals surface area contributed by atoms with Crippen LogP contribution in [0.15, 0.2) is 53.7 Å². The van der Waals surface area contributed by atoms with Gasteiger partial charge in [-0.1, -0.05) is 55.9 Å². The molecule has 0 radical (unpaired) electrons. The Kier molecular flexibility index (Phi) is 6.71. The fourth-order valence-corrected chi connectivity index (χ4v) is 3.15. The predicted octanol–water partition coefficient (Wildman–Crippen LogP) is 4.55. The van der Waals surface area contributed by atoms with Gasteiger partial charge in [0.25, 0.3) is 0 Å². The van der Waals surface area contributed by atoms with E-state index >= 15 is 0 Å². The molecule has 1 aromatic heterocycles. The Morgan fingerprint density at radius 2 is 1.93 bits per heavy atom. The number of rotatable bonds is 8. The third kappa shape index (κ3) is 5.60. The maximum Gasteiger partial charge on any atom is 0.234 e. The number of nitrogens with zero attached hydrogens (tertiary/aromatic N) is 2. The van der Waals surface area contributed by atoms with Crippen molar-refractivity contribution in [2.24, 2.45) is 0 Å². The molecule has 0 aliphatic rings. The molecule has 0 bridgehead atoms. The minimum absolute atomic E-state index is 0.0906. The maximum atomic E-state index is 12.1. The van der Waals surface area contributed by atoms with Gasteiger partial charge in [0.2, 0.25) is 11.1 Å². The molecule has 6 nitrogen and oxygen atoms in total. The average Bonchev–Trinajstić information content (AvgIpc) is 3.15. The third-order valence-electron chi connectivity index (χ3n) is 4.19. The summed E-state index contributed by atoms with van der Waals surface area (Å²) in [6, 6.07) is 15.7. The van der Waals surface area contributed by atoms with Gasteiger partial charge < -0.3 is 10.1 Å². The number of benzene rings is 2. The fourth-order valence-electron chi connectivity index (χ4n) is 2.54. The number of aromatic nitrogens is 3. The van der Waals surface area contributed by atoms with E-state index in [1.54, 1.807) is 0 Å². The first-order valence-electron chi connectivity index (χ1n) is 9.13. The number of hydrogen-bond acceptors (Lipinski definition) is 5. The van der Waals surface area contributed by atoms with Crippen LogP contribution in [0.3, 0.4) is 0 Å². The Morgan fingerprint density at radius 3 is 2.64 bits per heavy atom. The average molecular weight is 397 g/mol. The van der Waals surface area contributed by atoms with Gasteiger partial charge in [-0.15, -0.1) is 5.10 Å². The summed E-state index contributed by atoms with van der Waals surface area (Å²) in [5, 5.41) is 10.4. The number of thioether (sulfide) groups is 1. The molecule has 28 heavy (non-hydrogen) atoms. The zero-order valence-electron chi connectivity index (χ0n) is 16.2. The number of hydrogen-bond donors (Lipinski definition) is 2. The minimum Gasteiger partial charge on any atom is -0.486 e. The first kappa shape index (κ1) is 19.9. The molecule has 0 spiro atoms. The monoisotopic (exact) mass is 396 g/mol. The number of nitrogens with one attached hydrogen (secondary N) is 2. The third-order valence-corrected chi connectivity index (χ3v) is 5.03. The summed E-state index contributed by atoms with van der Waals surface area (Å²) >= 11 is 1.28. The van der Waals surface area contributed by atoms with Gasteiger partial charge >= 0.3 is 0 Å². The van der Waals surface area contributed by atoms with Crippen molar-refractivity contribution in [3.63, 3.8) is 0 Å². The van der Waals surface area contributed by atoms with Crippen molar-refractivity contribution in [2.75, 3.05) is 11.1 Å². The molecule has 3 rings (SSSR count). The van der Waals surface area contributed by atoms with Crippen molar-refractivity contribution in [2.45, 2.75) is 38.5 Å². The molecule has 7 heteroatoms. The van der Waals surface area contributed by atoms with Crippen LogP contribution in [0, 0.1) is 6.92 Å². The van der Waals surface area contributed by atoms with E-state index in [2.05, 4.69) is 46.5 Å². The Morgan fingerprint density at radius 1 is 1.18 bits per heavy atom. The molecule has 0 fully saturated rings. The molecule has 0 saturated carbocycles. The molecule has 1 amide bonds. The van der Waals surface area contributed by atoms with E-state index in [0.717, 1.165) is 17.0 Å². The molecule has 3 aromatic rings.